The van der Waals surface area contributed by atoms with Crippen LogP contribution in [0.25, 0.3) is 11.1 Å². The molecule has 222 valence electrons. The summed E-state index contributed by atoms with van der Waals surface area (Å²) in [5.74, 6) is 0. The van der Waals surface area contributed by atoms with Crippen LogP contribution in [0, 0.1) is 0 Å². The van der Waals surface area contributed by atoms with Crippen molar-refractivity contribution in [2.24, 2.45) is 0 Å². The first kappa shape index (κ1) is 29.5. The van der Waals surface area contributed by atoms with Crippen molar-refractivity contribution in [3.8, 4) is 11.1 Å². The molecule has 0 unspecified atom stereocenters. The van der Waals surface area contributed by atoms with Crippen molar-refractivity contribution < 1.29 is 9.13 Å². The van der Waals surface area contributed by atoms with Crippen molar-refractivity contribution in [3.63, 3.8) is 0 Å². The molecule has 0 N–H and O–H groups in total. The van der Waals surface area contributed by atoms with Gasteiger partial charge in [-0.15, -0.1) is 0 Å². The zero-order chi connectivity index (χ0) is 31.1. The second-order valence-electron chi connectivity index (χ2n) is 11.8. The molecule has 0 fully saturated rings. The average molecular weight is 623 g/mol. The number of fused-ring (bicyclic) bond motifs is 3. The van der Waals surface area contributed by atoms with Gasteiger partial charge >= 0.3 is 0 Å². The molecule has 45 heavy (non-hydrogen) atoms. The second kappa shape index (κ2) is 11.6. The number of rotatable bonds is 8. The molecule has 0 spiro atoms. The van der Waals surface area contributed by atoms with E-state index in [9.17, 15) is 0 Å². The van der Waals surface area contributed by atoms with Gasteiger partial charge in [-0.2, -0.15) is 0 Å². The summed E-state index contributed by atoms with van der Waals surface area (Å²) in [6.45, 7) is 4.50. The van der Waals surface area contributed by atoms with Crippen LogP contribution in [0.3, 0.4) is 0 Å². The van der Waals surface area contributed by atoms with Gasteiger partial charge in [0, 0.05) is 37.2 Å². The van der Waals surface area contributed by atoms with Crippen LogP contribution in [-0.2, 0) is 14.5 Å². The highest BCUT2D eigenvalue weighted by Crippen LogP contribution is 2.55. The third-order valence-corrected chi connectivity index (χ3v) is 15.9. The van der Waals surface area contributed by atoms with Gasteiger partial charge in [-0.1, -0.05) is 159 Å². The van der Waals surface area contributed by atoms with E-state index in [0.29, 0.717) is 0 Å². The topological polar surface area (TPSA) is 34.1 Å². The molecule has 0 atom stereocenters. The van der Waals surface area contributed by atoms with Crippen LogP contribution in [0.15, 0.2) is 158 Å². The number of hydrogen-bond acceptors (Lipinski definition) is 2. The molecule has 0 aromatic heterocycles. The van der Waals surface area contributed by atoms with Crippen LogP contribution >= 0.6 is 14.3 Å². The lowest BCUT2D eigenvalue weighted by Gasteiger charge is -2.30. The van der Waals surface area contributed by atoms with Crippen LogP contribution < -0.4 is 31.8 Å². The van der Waals surface area contributed by atoms with Crippen LogP contribution in [0.1, 0.15) is 37.8 Å². The second-order valence-corrected chi connectivity index (χ2v) is 17.3. The van der Waals surface area contributed by atoms with Crippen LogP contribution in [0.2, 0.25) is 0 Å². The standard InChI is InChI=1S/C41H36O2P2/c1-3-41(4-2)39-27-25-35(44(42,31-17-9-5-10-18-31)32-19-11-6-12-20-32)29-37(39)38-30-36(26-28-40(38)41)45(43,33-21-13-7-14-22-33)34-23-15-8-16-24-34/h5-30H,3-4H2,1-2H3. The summed E-state index contributed by atoms with van der Waals surface area (Å²) in [6, 6.07) is 52.3. The lowest BCUT2D eigenvalue weighted by molar-refractivity contribution is 0.490. The molecule has 1 aliphatic carbocycles. The van der Waals surface area contributed by atoms with E-state index in [0.717, 1.165) is 55.8 Å². The van der Waals surface area contributed by atoms with Gasteiger partial charge in [0.1, 0.15) is 0 Å². The Labute approximate surface area is 266 Å². The van der Waals surface area contributed by atoms with E-state index in [4.69, 9.17) is 0 Å². The van der Waals surface area contributed by atoms with Crippen molar-refractivity contribution in [1.29, 1.82) is 0 Å². The lowest BCUT2D eigenvalue weighted by Crippen LogP contribution is -2.27. The summed E-state index contributed by atoms with van der Waals surface area (Å²) < 4.78 is 30.8. The summed E-state index contributed by atoms with van der Waals surface area (Å²) in [5.41, 5.74) is 4.52. The molecule has 7 rings (SSSR count). The molecule has 2 nitrogen and oxygen atoms in total. The van der Waals surface area contributed by atoms with Gasteiger partial charge in [0.25, 0.3) is 0 Å². The Kier molecular flexibility index (Phi) is 7.61. The third-order valence-electron chi connectivity index (χ3n) is 9.74. The zero-order valence-electron chi connectivity index (χ0n) is 25.6. The van der Waals surface area contributed by atoms with Gasteiger partial charge in [-0.05, 0) is 47.2 Å². The fourth-order valence-electron chi connectivity index (χ4n) is 7.34. The number of benzene rings is 6. The normalized spacial score (nSPS) is 13.6. The van der Waals surface area contributed by atoms with Crippen molar-refractivity contribution in [2.75, 3.05) is 0 Å². The van der Waals surface area contributed by atoms with E-state index < -0.39 is 14.3 Å². The van der Waals surface area contributed by atoms with E-state index in [2.05, 4.69) is 50.2 Å². The van der Waals surface area contributed by atoms with Crippen LogP contribution in [0.4, 0.5) is 0 Å². The first-order chi connectivity index (χ1) is 22.0. The molecule has 0 saturated heterocycles. The van der Waals surface area contributed by atoms with E-state index in [1.54, 1.807) is 0 Å². The molecule has 1 aliphatic rings. The summed E-state index contributed by atoms with van der Waals surface area (Å²) in [4.78, 5) is 0. The third kappa shape index (κ3) is 4.54. The Hall–Kier alpha value is -4.22. The summed E-state index contributed by atoms with van der Waals surface area (Å²) in [6.07, 6.45) is 1.87. The zero-order valence-corrected chi connectivity index (χ0v) is 27.4. The van der Waals surface area contributed by atoms with E-state index in [-0.39, 0.29) is 5.41 Å². The predicted molar refractivity (Wildman–Crippen MR) is 192 cm³/mol. The van der Waals surface area contributed by atoms with Gasteiger partial charge < -0.3 is 9.13 Å². The van der Waals surface area contributed by atoms with E-state index in [1.165, 1.54) is 11.1 Å². The average Bonchev–Trinajstić information content (AvgIpc) is 3.41. The Bertz CT molecular complexity index is 1830. The summed E-state index contributed by atoms with van der Waals surface area (Å²) >= 11 is 0. The Balaban J connectivity index is 1.49. The first-order valence-electron chi connectivity index (χ1n) is 15.7. The fourth-order valence-corrected chi connectivity index (χ4v) is 12.7. The monoisotopic (exact) mass is 622 g/mol. The Morgan fingerprint density at radius 2 is 0.689 bits per heavy atom. The van der Waals surface area contributed by atoms with Gasteiger partial charge in [-0.25, -0.2) is 0 Å². The van der Waals surface area contributed by atoms with Crippen molar-refractivity contribution >= 4 is 46.1 Å². The quantitative estimate of drug-likeness (QED) is 0.161. The fraction of sp³-hybridized carbons (Fsp3) is 0.122. The smallest absolute Gasteiger partial charge is 0.171 e. The molecule has 0 aliphatic heterocycles. The van der Waals surface area contributed by atoms with Gasteiger partial charge in [0.2, 0.25) is 0 Å². The minimum atomic E-state index is -3.17. The highest BCUT2D eigenvalue weighted by atomic mass is 31.2. The molecule has 6 aromatic rings. The Morgan fingerprint density at radius 3 is 0.956 bits per heavy atom. The molecule has 4 heteroatoms. The largest absolute Gasteiger partial charge is 0.309 e. The maximum absolute atomic E-state index is 15.4. The maximum atomic E-state index is 15.4. The molecule has 6 aromatic carbocycles. The van der Waals surface area contributed by atoms with Gasteiger partial charge in [0.05, 0.1) is 0 Å². The highest BCUT2D eigenvalue weighted by molar-refractivity contribution is 7.85. The maximum Gasteiger partial charge on any atom is 0.171 e. The lowest BCUT2D eigenvalue weighted by atomic mass is 9.74. The van der Waals surface area contributed by atoms with E-state index >= 15 is 9.13 Å². The molecule has 0 amide bonds. The highest BCUT2D eigenvalue weighted by Gasteiger charge is 2.43. The Morgan fingerprint density at radius 1 is 0.400 bits per heavy atom. The van der Waals surface area contributed by atoms with Crippen LogP contribution in [0.5, 0.6) is 0 Å². The van der Waals surface area contributed by atoms with E-state index in [1.807, 2.05) is 121 Å². The molecular weight excluding hydrogens is 586 g/mol. The summed E-state index contributed by atoms with van der Waals surface area (Å²) in [5, 5.41) is 4.90. The molecule has 0 bridgehead atoms. The minimum Gasteiger partial charge on any atom is -0.309 e. The summed E-state index contributed by atoms with van der Waals surface area (Å²) in [7, 11) is -6.35. The number of hydrogen-bond donors (Lipinski definition) is 0. The van der Waals surface area contributed by atoms with Gasteiger partial charge in [0.15, 0.2) is 14.3 Å². The predicted octanol–water partition coefficient (Wildman–Crippen LogP) is 8.05. The minimum absolute atomic E-state index is 0.172. The molecule has 0 saturated carbocycles. The molecular formula is C41H36O2P2. The molecule has 0 radical (unpaired) electrons. The van der Waals surface area contributed by atoms with Gasteiger partial charge in [-0.3, -0.25) is 0 Å². The SMILES string of the molecule is CCC1(CC)c2ccc(P(=O)(c3ccccc3)c3ccccc3)cc2-c2cc(P(=O)(c3ccccc3)c3ccccc3)ccc21. The first-order valence-corrected chi connectivity index (χ1v) is 19.1. The van der Waals surface area contributed by atoms with Crippen molar-refractivity contribution in [3.05, 3.63) is 169 Å². The van der Waals surface area contributed by atoms with Crippen molar-refractivity contribution in [2.45, 2.75) is 32.1 Å². The van der Waals surface area contributed by atoms with Crippen LogP contribution in [-0.4, -0.2) is 0 Å². The molecule has 0 heterocycles. The van der Waals surface area contributed by atoms with Crippen molar-refractivity contribution in [1.82, 2.24) is 0 Å².